The molecule has 1 aliphatic rings. The number of carboxylic acid groups (broad SMARTS) is 1. The van der Waals surface area contributed by atoms with Crippen LogP contribution in [0.15, 0.2) is 77.6 Å². The van der Waals surface area contributed by atoms with Crippen molar-refractivity contribution in [3.05, 3.63) is 117 Å². The molecule has 1 amide bonds. The van der Waals surface area contributed by atoms with E-state index in [9.17, 15) is 23.9 Å². The van der Waals surface area contributed by atoms with Crippen LogP contribution in [0.4, 0.5) is 17.6 Å². The van der Waals surface area contributed by atoms with Gasteiger partial charge < -0.3 is 15.0 Å². The van der Waals surface area contributed by atoms with Crippen molar-refractivity contribution in [3.63, 3.8) is 0 Å². The molecule has 0 bridgehead atoms. The van der Waals surface area contributed by atoms with E-state index in [-0.39, 0.29) is 34.4 Å². The second-order valence-corrected chi connectivity index (χ2v) is 13.5. The van der Waals surface area contributed by atoms with Crippen LogP contribution in [-0.4, -0.2) is 45.6 Å². The summed E-state index contributed by atoms with van der Waals surface area (Å²) in [6.07, 6.45) is -1.94. The molecule has 51 heavy (non-hydrogen) atoms. The number of benzene rings is 4. The molecule has 1 aliphatic heterocycles. The molecule has 7 nitrogen and oxygen atoms in total. The number of aliphatic carboxylic acids is 1. The minimum atomic E-state index is -4.88. The second-order valence-electron chi connectivity index (χ2n) is 13.5. The number of hydrogen-bond acceptors (Lipinski definition) is 4. The van der Waals surface area contributed by atoms with Gasteiger partial charge in [-0.25, -0.2) is 9.18 Å². The van der Waals surface area contributed by atoms with Gasteiger partial charge in [-0.05, 0) is 83.1 Å². The number of nitrogens with zero attached hydrogens (tertiary/aromatic N) is 2. The first-order chi connectivity index (χ1) is 24.3. The fourth-order valence-corrected chi connectivity index (χ4v) is 7.30. The molecule has 266 valence electrons. The van der Waals surface area contributed by atoms with E-state index in [1.165, 1.54) is 35.9 Å². The summed E-state index contributed by atoms with van der Waals surface area (Å²) < 4.78 is 61.6. The van der Waals surface area contributed by atoms with E-state index >= 15 is 13.2 Å². The number of alkyl halides is 3. The highest BCUT2D eigenvalue weighted by atomic mass is 19.4. The van der Waals surface area contributed by atoms with Crippen molar-refractivity contribution in [3.8, 4) is 11.1 Å². The topological polar surface area (TPSA) is 91.6 Å². The van der Waals surface area contributed by atoms with E-state index in [4.69, 9.17) is 0 Å². The van der Waals surface area contributed by atoms with Crippen LogP contribution in [0.25, 0.3) is 32.8 Å². The van der Waals surface area contributed by atoms with E-state index < -0.39 is 46.6 Å². The molecular formula is C40H39F4N3O4. The maximum atomic E-state index is 15.2. The van der Waals surface area contributed by atoms with E-state index in [0.717, 1.165) is 44.0 Å². The first-order valence-corrected chi connectivity index (χ1v) is 17.0. The van der Waals surface area contributed by atoms with E-state index in [1.54, 1.807) is 56.3 Å². The number of carbonyl (C=O) groups is 2. The standard InChI is InChI=1S/C40H39F4N3O4/c1-23(2)26-11-9-15-31(41)34(26)37(48)45-32(39(50)51)21-25-10-7-13-28-27(25)12-8-14-29(28)35-36(40(42,43)44)30-20-24(22-47-18-5-4-6-19-47)16-17-33(30)46(3)38(35)49/h7-17,20,23,32H,4-6,18-19,21-22H2,1-3H3,(H,45,48)(H,50,51)/t32-/m0/s1. The molecule has 2 heterocycles. The summed E-state index contributed by atoms with van der Waals surface area (Å²) >= 11 is 0. The number of pyridine rings is 1. The number of hydrogen-bond donors (Lipinski definition) is 2. The molecule has 1 fully saturated rings. The predicted octanol–water partition coefficient (Wildman–Crippen LogP) is 8.05. The number of halogens is 4. The first-order valence-electron chi connectivity index (χ1n) is 17.0. The molecule has 5 aromatic rings. The van der Waals surface area contributed by atoms with Crippen LogP contribution in [0.1, 0.15) is 71.6 Å². The summed E-state index contributed by atoms with van der Waals surface area (Å²) in [5, 5.41) is 13.2. The summed E-state index contributed by atoms with van der Waals surface area (Å²) in [7, 11) is 1.45. The Labute approximate surface area is 292 Å². The number of likely N-dealkylation sites (tertiary alicyclic amines) is 1. The zero-order valence-electron chi connectivity index (χ0n) is 28.6. The lowest BCUT2D eigenvalue weighted by atomic mass is 9.90. The molecule has 1 atom stereocenters. The SMILES string of the molecule is CC(C)c1cccc(F)c1C(=O)N[C@@H](Cc1cccc2c(-c3c(C(F)(F)F)c4cc(CN5CCCCC5)ccc4n(C)c3=O)cccc12)C(=O)O. The zero-order valence-corrected chi connectivity index (χ0v) is 28.6. The lowest BCUT2D eigenvalue weighted by Gasteiger charge is -2.27. The summed E-state index contributed by atoms with van der Waals surface area (Å²) in [5.74, 6) is -3.26. The van der Waals surface area contributed by atoms with Crippen molar-refractivity contribution in [2.45, 2.75) is 64.2 Å². The summed E-state index contributed by atoms with van der Waals surface area (Å²) in [4.78, 5) is 41.8. The third-order valence-corrected chi connectivity index (χ3v) is 9.80. The second kappa shape index (κ2) is 14.3. The highest BCUT2D eigenvalue weighted by molar-refractivity contribution is 6.02. The summed E-state index contributed by atoms with van der Waals surface area (Å²) in [6, 6.07) is 17.0. The van der Waals surface area contributed by atoms with Gasteiger partial charge in [-0.2, -0.15) is 13.2 Å². The molecule has 0 saturated carbocycles. The van der Waals surface area contributed by atoms with Gasteiger partial charge in [-0.3, -0.25) is 14.5 Å². The fourth-order valence-electron chi connectivity index (χ4n) is 7.30. The number of aryl methyl sites for hydroxylation is 1. The van der Waals surface area contributed by atoms with Crippen molar-refractivity contribution < 1.29 is 32.3 Å². The average Bonchev–Trinajstić information content (AvgIpc) is 3.09. The molecule has 1 saturated heterocycles. The van der Waals surface area contributed by atoms with Gasteiger partial charge in [0.05, 0.1) is 22.2 Å². The maximum Gasteiger partial charge on any atom is 0.417 e. The van der Waals surface area contributed by atoms with Crippen LogP contribution in [-0.2, 0) is 31.0 Å². The van der Waals surface area contributed by atoms with Gasteiger partial charge in [0.2, 0.25) is 0 Å². The van der Waals surface area contributed by atoms with Crippen molar-refractivity contribution in [1.82, 2.24) is 14.8 Å². The number of carboxylic acids is 1. The Balaban J connectivity index is 1.45. The molecule has 11 heteroatoms. The molecule has 4 aromatic carbocycles. The maximum absolute atomic E-state index is 15.2. The fraction of sp³-hybridized carbons (Fsp3) is 0.325. The Bertz CT molecular complexity index is 2200. The van der Waals surface area contributed by atoms with E-state index in [1.807, 2.05) is 0 Å². The van der Waals surface area contributed by atoms with Crippen molar-refractivity contribution in [2.24, 2.45) is 7.05 Å². The van der Waals surface area contributed by atoms with Gasteiger partial charge in [0.1, 0.15) is 11.9 Å². The lowest BCUT2D eigenvalue weighted by Crippen LogP contribution is -2.43. The third kappa shape index (κ3) is 7.12. The minimum absolute atomic E-state index is 0.0504. The normalized spacial score (nSPS) is 14.7. The summed E-state index contributed by atoms with van der Waals surface area (Å²) in [5.41, 5.74) is -0.832. The number of nitrogens with one attached hydrogen (secondary N) is 1. The van der Waals surface area contributed by atoms with Gasteiger partial charge in [0, 0.05) is 25.4 Å². The number of aromatic nitrogens is 1. The number of rotatable bonds is 9. The van der Waals surface area contributed by atoms with Crippen LogP contribution < -0.4 is 10.9 Å². The van der Waals surface area contributed by atoms with Gasteiger partial charge in [0.25, 0.3) is 11.5 Å². The molecular weight excluding hydrogens is 662 g/mol. The van der Waals surface area contributed by atoms with Gasteiger partial charge in [-0.15, -0.1) is 0 Å². The molecule has 0 unspecified atom stereocenters. The Morgan fingerprint density at radius 2 is 1.59 bits per heavy atom. The Morgan fingerprint density at radius 1 is 0.902 bits per heavy atom. The largest absolute Gasteiger partial charge is 0.480 e. The molecule has 0 radical (unpaired) electrons. The van der Waals surface area contributed by atoms with Gasteiger partial charge in [-0.1, -0.05) is 74.9 Å². The Kier molecular flexibility index (Phi) is 10.0. The molecule has 2 N–H and O–H groups in total. The first kappa shape index (κ1) is 35.8. The van der Waals surface area contributed by atoms with Crippen LogP contribution >= 0.6 is 0 Å². The number of carbonyl (C=O) groups excluding carboxylic acids is 1. The average molecular weight is 702 g/mol. The monoisotopic (exact) mass is 701 g/mol. The van der Waals surface area contributed by atoms with Crippen molar-refractivity contribution in [1.29, 1.82) is 0 Å². The van der Waals surface area contributed by atoms with E-state index in [0.29, 0.717) is 28.4 Å². The molecule has 0 spiro atoms. The Hall–Kier alpha value is -5.03. The van der Waals surface area contributed by atoms with Crippen LogP contribution in [0, 0.1) is 5.82 Å². The number of piperidine rings is 1. The predicted molar refractivity (Wildman–Crippen MR) is 189 cm³/mol. The van der Waals surface area contributed by atoms with Crippen LogP contribution in [0.5, 0.6) is 0 Å². The third-order valence-electron chi connectivity index (χ3n) is 9.80. The quantitative estimate of drug-likeness (QED) is 0.152. The van der Waals surface area contributed by atoms with Gasteiger partial charge >= 0.3 is 12.1 Å². The molecule has 0 aliphatic carbocycles. The van der Waals surface area contributed by atoms with Gasteiger partial charge in [0.15, 0.2) is 0 Å². The highest BCUT2D eigenvalue weighted by Gasteiger charge is 2.39. The zero-order chi connectivity index (χ0) is 36.6. The van der Waals surface area contributed by atoms with Crippen molar-refractivity contribution >= 4 is 33.6 Å². The number of fused-ring (bicyclic) bond motifs is 2. The molecule has 1 aromatic heterocycles. The lowest BCUT2D eigenvalue weighted by molar-refractivity contribution is -0.139. The van der Waals surface area contributed by atoms with Crippen molar-refractivity contribution in [2.75, 3.05) is 13.1 Å². The Morgan fingerprint density at radius 3 is 2.27 bits per heavy atom. The van der Waals surface area contributed by atoms with Crippen LogP contribution in [0.2, 0.25) is 0 Å². The summed E-state index contributed by atoms with van der Waals surface area (Å²) in [6.45, 7) is 5.82. The smallest absolute Gasteiger partial charge is 0.417 e. The minimum Gasteiger partial charge on any atom is -0.480 e. The number of amides is 1. The van der Waals surface area contributed by atoms with E-state index in [2.05, 4.69) is 10.2 Å². The highest BCUT2D eigenvalue weighted by Crippen LogP contribution is 2.42. The van der Waals surface area contributed by atoms with Crippen LogP contribution in [0.3, 0.4) is 0 Å². The molecule has 6 rings (SSSR count).